The second-order valence-electron chi connectivity index (χ2n) is 5.58. The zero-order valence-corrected chi connectivity index (χ0v) is 13.1. The van der Waals surface area contributed by atoms with E-state index in [1.807, 2.05) is 12.1 Å². The SMILES string of the molecule is COCCc1ccc(OCc2cccc(C(C)C)c2)cc1. The first kappa shape index (κ1) is 15.6. The van der Waals surface area contributed by atoms with Crippen LogP contribution in [-0.4, -0.2) is 13.7 Å². The predicted octanol–water partition coefficient (Wildman–Crippen LogP) is 4.58. The van der Waals surface area contributed by atoms with Crippen molar-refractivity contribution in [2.75, 3.05) is 13.7 Å². The van der Waals surface area contributed by atoms with Crippen LogP contribution in [0.2, 0.25) is 0 Å². The third-order valence-corrected chi connectivity index (χ3v) is 3.54. The van der Waals surface area contributed by atoms with E-state index in [0.29, 0.717) is 12.5 Å². The molecule has 0 atom stereocenters. The van der Waals surface area contributed by atoms with Gasteiger partial charge < -0.3 is 9.47 Å². The minimum Gasteiger partial charge on any atom is -0.489 e. The van der Waals surface area contributed by atoms with Gasteiger partial charge in [-0.3, -0.25) is 0 Å². The Bertz CT molecular complexity index is 544. The van der Waals surface area contributed by atoms with E-state index >= 15 is 0 Å². The first-order chi connectivity index (χ1) is 10.2. The minimum absolute atomic E-state index is 0.546. The van der Waals surface area contributed by atoms with Gasteiger partial charge in [-0.2, -0.15) is 0 Å². The van der Waals surface area contributed by atoms with Gasteiger partial charge in [-0.1, -0.05) is 50.2 Å². The van der Waals surface area contributed by atoms with E-state index in [0.717, 1.165) is 18.8 Å². The monoisotopic (exact) mass is 284 g/mol. The van der Waals surface area contributed by atoms with Crippen molar-refractivity contribution in [1.82, 2.24) is 0 Å². The molecule has 2 heteroatoms. The molecule has 0 heterocycles. The zero-order chi connectivity index (χ0) is 15.1. The van der Waals surface area contributed by atoms with Crippen molar-refractivity contribution in [2.45, 2.75) is 32.8 Å². The maximum atomic E-state index is 5.86. The zero-order valence-electron chi connectivity index (χ0n) is 13.1. The second-order valence-corrected chi connectivity index (χ2v) is 5.58. The van der Waals surface area contributed by atoms with E-state index in [4.69, 9.17) is 9.47 Å². The summed E-state index contributed by atoms with van der Waals surface area (Å²) < 4.78 is 10.9. The van der Waals surface area contributed by atoms with E-state index in [-0.39, 0.29) is 0 Å². The highest BCUT2D eigenvalue weighted by Crippen LogP contribution is 2.18. The van der Waals surface area contributed by atoms with E-state index in [1.54, 1.807) is 7.11 Å². The molecule has 0 saturated carbocycles. The second kappa shape index (κ2) is 7.84. The van der Waals surface area contributed by atoms with Crippen LogP contribution in [0.25, 0.3) is 0 Å². The van der Waals surface area contributed by atoms with Gasteiger partial charge in [-0.25, -0.2) is 0 Å². The van der Waals surface area contributed by atoms with Gasteiger partial charge in [-0.15, -0.1) is 0 Å². The topological polar surface area (TPSA) is 18.5 Å². The summed E-state index contributed by atoms with van der Waals surface area (Å²) in [5.74, 6) is 1.45. The van der Waals surface area contributed by atoms with Crippen LogP contribution in [0, 0.1) is 0 Å². The summed E-state index contributed by atoms with van der Waals surface area (Å²) in [5.41, 5.74) is 3.83. The van der Waals surface area contributed by atoms with Gasteiger partial charge in [0.2, 0.25) is 0 Å². The largest absolute Gasteiger partial charge is 0.489 e. The summed E-state index contributed by atoms with van der Waals surface area (Å²) in [4.78, 5) is 0. The first-order valence-electron chi connectivity index (χ1n) is 7.48. The summed E-state index contributed by atoms with van der Waals surface area (Å²) in [6, 6.07) is 16.8. The molecule has 0 aliphatic carbocycles. The number of hydrogen-bond acceptors (Lipinski definition) is 2. The Labute approximate surface area is 127 Å². The average molecular weight is 284 g/mol. The van der Waals surface area contributed by atoms with E-state index in [2.05, 4.69) is 50.2 Å². The lowest BCUT2D eigenvalue weighted by atomic mass is 10.0. The van der Waals surface area contributed by atoms with Crippen molar-refractivity contribution in [3.8, 4) is 5.75 Å². The summed E-state index contributed by atoms with van der Waals surface area (Å²) in [7, 11) is 1.72. The van der Waals surface area contributed by atoms with Crippen LogP contribution in [0.1, 0.15) is 36.5 Å². The average Bonchev–Trinajstić information content (AvgIpc) is 2.52. The molecule has 0 N–H and O–H groups in total. The molecule has 0 aliphatic rings. The van der Waals surface area contributed by atoms with Gasteiger partial charge in [0.05, 0.1) is 6.61 Å². The van der Waals surface area contributed by atoms with Crippen molar-refractivity contribution < 1.29 is 9.47 Å². The Hall–Kier alpha value is -1.80. The molecule has 0 unspecified atom stereocenters. The Kier molecular flexibility index (Phi) is 5.82. The van der Waals surface area contributed by atoms with Crippen LogP contribution in [0.5, 0.6) is 5.75 Å². The van der Waals surface area contributed by atoms with Crippen LogP contribution in [0.3, 0.4) is 0 Å². The van der Waals surface area contributed by atoms with E-state index in [9.17, 15) is 0 Å². The minimum atomic E-state index is 0.546. The van der Waals surface area contributed by atoms with Crippen molar-refractivity contribution in [1.29, 1.82) is 0 Å². The number of hydrogen-bond donors (Lipinski definition) is 0. The van der Waals surface area contributed by atoms with Crippen LogP contribution in [-0.2, 0) is 17.8 Å². The van der Waals surface area contributed by atoms with Crippen molar-refractivity contribution in [3.05, 3.63) is 65.2 Å². The maximum absolute atomic E-state index is 5.86. The number of ether oxygens (including phenoxy) is 2. The standard InChI is InChI=1S/C19H24O2/c1-15(2)18-6-4-5-17(13-18)14-21-19-9-7-16(8-10-19)11-12-20-3/h4-10,13,15H,11-12,14H2,1-3H3. The normalized spacial score (nSPS) is 10.9. The Balaban J connectivity index is 1.92. The molecule has 2 aromatic carbocycles. The van der Waals surface area contributed by atoms with Crippen LogP contribution >= 0.6 is 0 Å². The van der Waals surface area contributed by atoms with Crippen LogP contribution in [0.15, 0.2) is 48.5 Å². The predicted molar refractivity (Wildman–Crippen MR) is 86.9 cm³/mol. The molecule has 21 heavy (non-hydrogen) atoms. The summed E-state index contributed by atoms with van der Waals surface area (Å²) in [6.07, 6.45) is 0.938. The molecule has 0 radical (unpaired) electrons. The molecule has 0 aromatic heterocycles. The lowest BCUT2D eigenvalue weighted by molar-refractivity contribution is 0.202. The summed E-state index contributed by atoms with van der Waals surface area (Å²) >= 11 is 0. The fourth-order valence-electron chi connectivity index (χ4n) is 2.18. The smallest absolute Gasteiger partial charge is 0.119 e. The molecule has 0 fully saturated rings. The fraction of sp³-hybridized carbons (Fsp3) is 0.368. The van der Waals surface area contributed by atoms with Crippen LogP contribution < -0.4 is 4.74 Å². The quantitative estimate of drug-likeness (QED) is 0.741. The third-order valence-electron chi connectivity index (χ3n) is 3.54. The van der Waals surface area contributed by atoms with Gasteiger partial charge in [0.15, 0.2) is 0 Å². The van der Waals surface area contributed by atoms with Crippen molar-refractivity contribution >= 4 is 0 Å². The molecule has 0 aliphatic heterocycles. The molecular weight excluding hydrogens is 260 g/mol. The molecule has 2 nitrogen and oxygen atoms in total. The Morgan fingerprint density at radius 1 is 0.952 bits per heavy atom. The molecular formula is C19H24O2. The summed E-state index contributed by atoms with van der Waals surface area (Å²) in [5, 5.41) is 0. The fourth-order valence-corrected chi connectivity index (χ4v) is 2.18. The van der Waals surface area contributed by atoms with E-state index in [1.165, 1.54) is 16.7 Å². The molecule has 0 amide bonds. The molecule has 0 spiro atoms. The van der Waals surface area contributed by atoms with Crippen molar-refractivity contribution in [3.63, 3.8) is 0 Å². The van der Waals surface area contributed by atoms with Gasteiger partial charge in [0, 0.05) is 7.11 Å². The van der Waals surface area contributed by atoms with E-state index < -0.39 is 0 Å². The lowest BCUT2D eigenvalue weighted by Crippen LogP contribution is -1.98. The Morgan fingerprint density at radius 3 is 2.38 bits per heavy atom. The number of methoxy groups -OCH3 is 1. The number of benzene rings is 2. The molecule has 0 saturated heterocycles. The van der Waals surface area contributed by atoms with Gasteiger partial charge in [0.1, 0.15) is 12.4 Å². The van der Waals surface area contributed by atoms with Gasteiger partial charge >= 0.3 is 0 Å². The molecule has 2 aromatic rings. The molecule has 112 valence electrons. The summed E-state index contributed by atoms with van der Waals surface area (Å²) in [6.45, 7) is 5.78. The highest BCUT2D eigenvalue weighted by atomic mass is 16.5. The Morgan fingerprint density at radius 2 is 1.71 bits per heavy atom. The third kappa shape index (κ3) is 4.91. The maximum Gasteiger partial charge on any atom is 0.119 e. The lowest BCUT2D eigenvalue weighted by Gasteiger charge is -2.10. The molecule has 2 rings (SSSR count). The van der Waals surface area contributed by atoms with Gasteiger partial charge in [0.25, 0.3) is 0 Å². The highest BCUT2D eigenvalue weighted by Gasteiger charge is 2.01. The number of rotatable bonds is 7. The molecule has 0 bridgehead atoms. The van der Waals surface area contributed by atoms with Crippen LogP contribution in [0.4, 0.5) is 0 Å². The van der Waals surface area contributed by atoms with Crippen molar-refractivity contribution in [2.24, 2.45) is 0 Å². The first-order valence-corrected chi connectivity index (χ1v) is 7.48. The highest BCUT2D eigenvalue weighted by molar-refractivity contribution is 5.29. The van der Waals surface area contributed by atoms with Gasteiger partial charge in [-0.05, 0) is 41.2 Å².